The van der Waals surface area contributed by atoms with E-state index in [0.29, 0.717) is 31.5 Å². The lowest BCUT2D eigenvalue weighted by Gasteiger charge is -2.15. The second-order valence-corrected chi connectivity index (χ2v) is 6.60. The van der Waals surface area contributed by atoms with Gasteiger partial charge in [0.25, 0.3) is 0 Å². The number of halogens is 1. The molecular formula is C21H23FN2O2. The van der Waals surface area contributed by atoms with Gasteiger partial charge in [0.15, 0.2) is 0 Å². The molecule has 1 fully saturated rings. The first-order valence-electron chi connectivity index (χ1n) is 8.97. The summed E-state index contributed by atoms with van der Waals surface area (Å²) < 4.78 is 13.5. The number of aryl methyl sites for hydroxylation is 1. The van der Waals surface area contributed by atoms with E-state index >= 15 is 0 Å². The Kier molecular flexibility index (Phi) is 6.00. The lowest BCUT2D eigenvalue weighted by atomic mass is 10.1. The van der Waals surface area contributed by atoms with Gasteiger partial charge < -0.3 is 10.2 Å². The molecular weight excluding hydrogens is 331 g/mol. The Morgan fingerprint density at radius 3 is 2.50 bits per heavy atom. The summed E-state index contributed by atoms with van der Waals surface area (Å²) in [7, 11) is 0. The summed E-state index contributed by atoms with van der Waals surface area (Å²) in [6.07, 6.45) is 2.24. The molecule has 136 valence electrons. The van der Waals surface area contributed by atoms with E-state index in [-0.39, 0.29) is 24.1 Å². The number of nitrogens with zero attached hydrogens (tertiary/aromatic N) is 1. The first-order chi connectivity index (χ1) is 12.6. The molecule has 0 saturated carbocycles. The molecule has 2 aromatic carbocycles. The number of carbonyl (C=O) groups is 2. The quantitative estimate of drug-likeness (QED) is 0.830. The van der Waals surface area contributed by atoms with Gasteiger partial charge in [-0.2, -0.15) is 0 Å². The van der Waals surface area contributed by atoms with Crippen LogP contribution in [0.25, 0.3) is 0 Å². The molecule has 2 aromatic rings. The van der Waals surface area contributed by atoms with Gasteiger partial charge in [-0.3, -0.25) is 9.59 Å². The van der Waals surface area contributed by atoms with E-state index < -0.39 is 0 Å². The van der Waals surface area contributed by atoms with Crippen LogP contribution in [-0.2, 0) is 29.1 Å². The SMILES string of the molecule is O=C(CCc1ccccc1F)NCc1ccc(CN2CCCC2=O)cc1. The van der Waals surface area contributed by atoms with Crippen molar-refractivity contribution in [3.8, 4) is 0 Å². The topological polar surface area (TPSA) is 49.4 Å². The second kappa shape index (κ2) is 8.61. The molecule has 0 aliphatic carbocycles. The van der Waals surface area contributed by atoms with Crippen LogP contribution in [0.5, 0.6) is 0 Å². The number of carbonyl (C=O) groups excluding carboxylic acids is 2. The van der Waals surface area contributed by atoms with Crippen molar-refractivity contribution in [2.45, 2.75) is 38.8 Å². The average Bonchev–Trinajstić information content (AvgIpc) is 3.05. The minimum absolute atomic E-state index is 0.0972. The zero-order chi connectivity index (χ0) is 18.4. The standard InChI is InChI=1S/C21H23FN2O2/c22-19-5-2-1-4-18(19)11-12-20(25)23-14-16-7-9-17(10-8-16)15-24-13-3-6-21(24)26/h1-2,4-5,7-10H,3,6,11-15H2,(H,23,25). The Morgan fingerprint density at radius 2 is 1.81 bits per heavy atom. The summed E-state index contributed by atoms with van der Waals surface area (Å²) in [5.74, 6) is -0.149. The first-order valence-corrected chi connectivity index (χ1v) is 8.97. The molecule has 26 heavy (non-hydrogen) atoms. The van der Waals surface area contributed by atoms with E-state index in [2.05, 4.69) is 5.32 Å². The number of hydrogen-bond acceptors (Lipinski definition) is 2. The number of rotatable bonds is 7. The van der Waals surface area contributed by atoms with Crippen molar-refractivity contribution < 1.29 is 14.0 Å². The third kappa shape index (κ3) is 4.91. The fourth-order valence-corrected chi connectivity index (χ4v) is 3.09. The Bertz CT molecular complexity index is 774. The zero-order valence-corrected chi connectivity index (χ0v) is 14.7. The van der Waals surface area contributed by atoms with Crippen LogP contribution in [0.15, 0.2) is 48.5 Å². The van der Waals surface area contributed by atoms with Crippen LogP contribution in [-0.4, -0.2) is 23.3 Å². The van der Waals surface area contributed by atoms with Crippen molar-refractivity contribution in [3.05, 3.63) is 71.0 Å². The van der Waals surface area contributed by atoms with Crippen molar-refractivity contribution in [1.82, 2.24) is 10.2 Å². The highest BCUT2D eigenvalue weighted by Gasteiger charge is 2.19. The molecule has 4 nitrogen and oxygen atoms in total. The summed E-state index contributed by atoms with van der Waals surface area (Å²) in [6.45, 7) is 1.92. The Balaban J connectivity index is 1.43. The minimum atomic E-state index is -0.271. The van der Waals surface area contributed by atoms with Gasteiger partial charge in [0.2, 0.25) is 11.8 Å². The van der Waals surface area contributed by atoms with E-state index in [1.165, 1.54) is 6.07 Å². The first kappa shape index (κ1) is 18.1. The molecule has 1 heterocycles. The maximum Gasteiger partial charge on any atom is 0.222 e. The Morgan fingerprint density at radius 1 is 1.08 bits per heavy atom. The van der Waals surface area contributed by atoms with E-state index in [1.54, 1.807) is 18.2 Å². The van der Waals surface area contributed by atoms with Gasteiger partial charge in [0.1, 0.15) is 5.82 Å². The van der Waals surface area contributed by atoms with Crippen molar-refractivity contribution in [2.24, 2.45) is 0 Å². The predicted molar refractivity (Wildman–Crippen MR) is 97.7 cm³/mol. The highest BCUT2D eigenvalue weighted by atomic mass is 19.1. The van der Waals surface area contributed by atoms with Gasteiger partial charge in [0.05, 0.1) is 0 Å². The molecule has 0 atom stereocenters. The normalized spacial score (nSPS) is 13.9. The molecule has 0 bridgehead atoms. The molecule has 0 radical (unpaired) electrons. The maximum atomic E-state index is 13.5. The van der Waals surface area contributed by atoms with Crippen LogP contribution in [0.3, 0.4) is 0 Å². The van der Waals surface area contributed by atoms with Crippen molar-refractivity contribution >= 4 is 11.8 Å². The Hall–Kier alpha value is -2.69. The molecule has 1 N–H and O–H groups in total. The predicted octanol–water partition coefficient (Wildman–Crippen LogP) is 3.20. The third-order valence-corrected chi connectivity index (χ3v) is 4.64. The maximum absolute atomic E-state index is 13.5. The fourth-order valence-electron chi connectivity index (χ4n) is 3.09. The highest BCUT2D eigenvalue weighted by molar-refractivity contribution is 5.78. The van der Waals surface area contributed by atoms with E-state index in [1.807, 2.05) is 29.2 Å². The van der Waals surface area contributed by atoms with Crippen LogP contribution in [0.2, 0.25) is 0 Å². The molecule has 2 amide bonds. The van der Waals surface area contributed by atoms with Gasteiger partial charge in [-0.05, 0) is 35.6 Å². The van der Waals surface area contributed by atoms with Crippen molar-refractivity contribution in [1.29, 1.82) is 0 Å². The average molecular weight is 354 g/mol. The van der Waals surface area contributed by atoms with Gasteiger partial charge in [-0.15, -0.1) is 0 Å². The van der Waals surface area contributed by atoms with Gasteiger partial charge in [-0.1, -0.05) is 42.5 Å². The van der Waals surface area contributed by atoms with E-state index in [0.717, 1.165) is 24.1 Å². The second-order valence-electron chi connectivity index (χ2n) is 6.60. The van der Waals surface area contributed by atoms with Crippen LogP contribution in [0.1, 0.15) is 36.0 Å². The molecule has 1 aliphatic heterocycles. The third-order valence-electron chi connectivity index (χ3n) is 4.64. The van der Waals surface area contributed by atoms with Gasteiger partial charge >= 0.3 is 0 Å². The number of amides is 2. The minimum Gasteiger partial charge on any atom is -0.352 e. The van der Waals surface area contributed by atoms with Gasteiger partial charge in [-0.25, -0.2) is 4.39 Å². The summed E-state index contributed by atoms with van der Waals surface area (Å²) >= 11 is 0. The van der Waals surface area contributed by atoms with Crippen LogP contribution in [0.4, 0.5) is 4.39 Å². The fraction of sp³-hybridized carbons (Fsp3) is 0.333. The lowest BCUT2D eigenvalue weighted by molar-refractivity contribution is -0.128. The van der Waals surface area contributed by atoms with Crippen LogP contribution < -0.4 is 5.32 Å². The number of hydrogen-bond donors (Lipinski definition) is 1. The largest absolute Gasteiger partial charge is 0.352 e. The molecule has 5 heteroatoms. The molecule has 1 saturated heterocycles. The number of nitrogens with one attached hydrogen (secondary N) is 1. The molecule has 1 aliphatic rings. The van der Waals surface area contributed by atoms with Crippen molar-refractivity contribution in [2.75, 3.05) is 6.54 Å². The Labute approximate surface area is 153 Å². The van der Waals surface area contributed by atoms with Gasteiger partial charge in [0, 0.05) is 32.5 Å². The van der Waals surface area contributed by atoms with Crippen LogP contribution >= 0.6 is 0 Å². The highest BCUT2D eigenvalue weighted by Crippen LogP contribution is 2.15. The summed E-state index contributed by atoms with van der Waals surface area (Å²) in [5, 5.41) is 2.86. The monoisotopic (exact) mass is 354 g/mol. The summed E-state index contributed by atoms with van der Waals surface area (Å²) in [5.41, 5.74) is 2.65. The number of likely N-dealkylation sites (tertiary alicyclic amines) is 1. The van der Waals surface area contributed by atoms with Crippen molar-refractivity contribution in [3.63, 3.8) is 0 Å². The summed E-state index contributed by atoms with van der Waals surface area (Å²) in [4.78, 5) is 25.5. The molecule has 0 unspecified atom stereocenters. The molecule has 0 spiro atoms. The summed E-state index contributed by atoms with van der Waals surface area (Å²) in [6, 6.07) is 14.4. The molecule has 3 rings (SSSR count). The zero-order valence-electron chi connectivity index (χ0n) is 14.7. The lowest BCUT2D eigenvalue weighted by Crippen LogP contribution is -2.24. The van der Waals surface area contributed by atoms with Crippen LogP contribution in [0, 0.1) is 5.82 Å². The molecule has 0 aromatic heterocycles. The number of benzene rings is 2. The van der Waals surface area contributed by atoms with E-state index in [9.17, 15) is 14.0 Å². The smallest absolute Gasteiger partial charge is 0.222 e. The van der Waals surface area contributed by atoms with E-state index in [4.69, 9.17) is 0 Å².